The number of thioether (sulfide) groups is 1. The van der Waals surface area contributed by atoms with Gasteiger partial charge in [-0.05, 0) is 13.5 Å². The molecule has 0 radical (unpaired) electrons. The second-order valence-corrected chi connectivity index (χ2v) is 5.43. The maximum atomic E-state index is 6.22. The van der Waals surface area contributed by atoms with E-state index in [0.717, 1.165) is 0 Å². The Morgan fingerprint density at radius 2 is 2.29 bits per heavy atom. The minimum Gasteiger partial charge on any atom is -0.326 e. The molecule has 1 rings (SSSR count). The number of hydrogen-bond donors (Lipinski definition) is 1. The third kappa shape index (κ3) is 3.79. The SMILES string of the molecule is CCCCCC(N)C1CSCCN1C. The fraction of sp³-hybridized carbons (Fsp3) is 1.00. The van der Waals surface area contributed by atoms with Crippen molar-refractivity contribution in [1.82, 2.24) is 4.90 Å². The predicted molar refractivity (Wildman–Crippen MR) is 65.9 cm³/mol. The highest BCUT2D eigenvalue weighted by molar-refractivity contribution is 7.99. The van der Waals surface area contributed by atoms with Crippen molar-refractivity contribution < 1.29 is 0 Å². The Bertz CT molecular complexity index is 152. The molecule has 0 saturated carbocycles. The molecule has 0 aromatic carbocycles. The van der Waals surface area contributed by atoms with Crippen molar-refractivity contribution in [2.45, 2.75) is 44.7 Å². The van der Waals surface area contributed by atoms with E-state index in [1.54, 1.807) is 0 Å². The van der Waals surface area contributed by atoms with E-state index in [9.17, 15) is 0 Å². The van der Waals surface area contributed by atoms with E-state index in [1.807, 2.05) is 0 Å². The zero-order valence-electron chi connectivity index (χ0n) is 9.54. The molecule has 3 heteroatoms. The van der Waals surface area contributed by atoms with Crippen LogP contribution in [0.1, 0.15) is 32.6 Å². The summed E-state index contributed by atoms with van der Waals surface area (Å²) in [6.45, 7) is 3.45. The summed E-state index contributed by atoms with van der Waals surface area (Å²) in [4.78, 5) is 2.44. The third-order valence-electron chi connectivity index (χ3n) is 3.08. The second-order valence-electron chi connectivity index (χ2n) is 4.28. The van der Waals surface area contributed by atoms with E-state index >= 15 is 0 Å². The van der Waals surface area contributed by atoms with Crippen molar-refractivity contribution in [3.63, 3.8) is 0 Å². The molecule has 2 atom stereocenters. The van der Waals surface area contributed by atoms with Gasteiger partial charge in [-0.25, -0.2) is 0 Å². The highest BCUT2D eigenvalue weighted by Crippen LogP contribution is 2.19. The number of hydrogen-bond acceptors (Lipinski definition) is 3. The van der Waals surface area contributed by atoms with Gasteiger partial charge >= 0.3 is 0 Å². The van der Waals surface area contributed by atoms with Gasteiger partial charge in [0.1, 0.15) is 0 Å². The molecular weight excluding hydrogens is 192 g/mol. The molecular formula is C11H24N2S. The molecule has 2 N–H and O–H groups in total. The van der Waals surface area contributed by atoms with Crippen molar-refractivity contribution in [2.24, 2.45) is 5.73 Å². The summed E-state index contributed by atoms with van der Waals surface area (Å²) >= 11 is 2.05. The molecule has 1 heterocycles. The predicted octanol–water partition coefficient (Wildman–Crippen LogP) is 1.94. The van der Waals surface area contributed by atoms with Gasteiger partial charge in [0, 0.05) is 30.1 Å². The lowest BCUT2D eigenvalue weighted by atomic mass is 10.0. The van der Waals surface area contributed by atoms with Gasteiger partial charge in [0.2, 0.25) is 0 Å². The Morgan fingerprint density at radius 3 is 2.93 bits per heavy atom. The summed E-state index contributed by atoms with van der Waals surface area (Å²) in [5.41, 5.74) is 6.22. The summed E-state index contributed by atoms with van der Waals surface area (Å²) in [5.74, 6) is 2.50. The van der Waals surface area contributed by atoms with Crippen molar-refractivity contribution >= 4 is 11.8 Å². The lowest BCUT2D eigenvalue weighted by Gasteiger charge is -2.36. The van der Waals surface area contributed by atoms with Crippen molar-refractivity contribution in [3.05, 3.63) is 0 Å². The third-order valence-corrected chi connectivity index (χ3v) is 4.13. The molecule has 2 unspecified atom stereocenters. The van der Waals surface area contributed by atoms with Crippen LogP contribution in [0.4, 0.5) is 0 Å². The quantitative estimate of drug-likeness (QED) is 0.712. The van der Waals surface area contributed by atoms with Crippen LogP contribution in [0, 0.1) is 0 Å². The molecule has 0 amide bonds. The summed E-state index contributed by atoms with van der Waals surface area (Å²) < 4.78 is 0. The zero-order chi connectivity index (χ0) is 10.4. The Morgan fingerprint density at radius 1 is 1.50 bits per heavy atom. The molecule has 0 aromatic rings. The molecule has 14 heavy (non-hydrogen) atoms. The maximum Gasteiger partial charge on any atom is 0.0335 e. The lowest BCUT2D eigenvalue weighted by molar-refractivity contribution is 0.228. The van der Waals surface area contributed by atoms with Gasteiger partial charge in [0.05, 0.1) is 0 Å². The number of nitrogens with zero attached hydrogens (tertiary/aromatic N) is 1. The zero-order valence-corrected chi connectivity index (χ0v) is 10.4. The minimum atomic E-state index is 0.388. The Kier molecular flexibility index (Phi) is 5.90. The highest BCUT2D eigenvalue weighted by Gasteiger charge is 2.24. The molecule has 0 bridgehead atoms. The van der Waals surface area contributed by atoms with Gasteiger partial charge in [0.25, 0.3) is 0 Å². The molecule has 2 nitrogen and oxygen atoms in total. The first-order valence-corrected chi connectivity index (χ1v) is 6.94. The minimum absolute atomic E-state index is 0.388. The molecule has 1 saturated heterocycles. The number of rotatable bonds is 5. The van der Waals surface area contributed by atoms with Crippen LogP contribution in [0.3, 0.4) is 0 Å². The van der Waals surface area contributed by atoms with Crippen LogP contribution in [0.15, 0.2) is 0 Å². The topological polar surface area (TPSA) is 29.3 Å². The first-order chi connectivity index (χ1) is 6.75. The monoisotopic (exact) mass is 216 g/mol. The van der Waals surface area contributed by atoms with E-state index in [1.165, 1.54) is 43.7 Å². The lowest BCUT2D eigenvalue weighted by Crippen LogP contribution is -2.50. The van der Waals surface area contributed by atoms with Crippen LogP contribution >= 0.6 is 11.8 Å². The van der Waals surface area contributed by atoms with Crippen LogP contribution < -0.4 is 5.73 Å². The summed E-state index contributed by atoms with van der Waals surface area (Å²) in [5, 5.41) is 0. The molecule has 1 aliphatic heterocycles. The summed E-state index contributed by atoms with van der Waals surface area (Å²) in [6.07, 6.45) is 5.12. The maximum absolute atomic E-state index is 6.22. The Hall–Kier alpha value is 0.270. The van der Waals surface area contributed by atoms with Crippen LogP contribution in [0.25, 0.3) is 0 Å². The van der Waals surface area contributed by atoms with Crippen LogP contribution in [0.5, 0.6) is 0 Å². The molecule has 0 aliphatic carbocycles. The fourth-order valence-electron chi connectivity index (χ4n) is 1.98. The highest BCUT2D eigenvalue weighted by atomic mass is 32.2. The van der Waals surface area contributed by atoms with Gasteiger partial charge in [0.15, 0.2) is 0 Å². The largest absolute Gasteiger partial charge is 0.326 e. The Labute approximate surface area is 92.6 Å². The number of nitrogens with two attached hydrogens (primary N) is 1. The fourth-order valence-corrected chi connectivity index (χ4v) is 3.31. The average Bonchev–Trinajstić information content (AvgIpc) is 2.18. The summed E-state index contributed by atoms with van der Waals surface area (Å²) in [6, 6.07) is 1.00. The Balaban J connectivity index is 2.23. The van der Waals surface area contributed by atoms with Gasteiger partial charge in [-0.3, -0.25) is 0 Å². The molecule has 0 aromatic heterocycles. The van der Waals surface area contributed by atoms with Crippen LogP contribution in [0.2, 0.25) is 0 Å². The van der Waals surface area contributed by atoms with Crippen molar-refractivity contribution in [2.75, 3.05) is 25.1 Å². The molecule has 1 aliphatic rings. The van der Waals surface area contributed by atoms with Crippen LogP contribution in [-0.4, -0.2) is 42.1 Å². The van der Waals surface area contributed by atoms with E-state index in [4.69, 9.17) is 5.73 Å². The molecule has 84 valence electrons. The van der Waals surface area contributed by atoms with E-state index < -0.39 is 0 Å². The summed E-state index contributed by atoms with van der Waals surface area (Å²) in [7, 11) is 2.21. The van der Waals surface area contributed by atoms with Crippen LogP contribution in [-0.2, 0) is 0 Å². The first-order valence-electron chi connectivity index (χ1n) is 5.79. The van der Waals surface area contributed by atoms with E-state index in [2.05, 4.69) is 30.6 Å². The average molecular weight is 216 g/mol. The molecule has 0 spiro atoms. The van der Waals surface area contributed by atoms with E-state index in [0.29, 0.717) is 12.1 Å². The van der Waals surface area contributed by atoms with Gasteiger partial charge < -0.3 is 10.6 Å². The standard InChI is InChI=1S/C11H24N2S/c1-3-4-5-6-10(12)11-9-14-8-7-13(11)2/h10-11H,3-9,12H2,1-2H3. The van der Waals surface area contributed by atoms with Gasteiger partial charge in [-0.1, -0.05) is 26.2 Å². The smallest absolute Gasteiger partial charge is 0.0335 e. The molecule has 1 fully saturated rings. The van der Waals surface area contributed by atoms with Crippen molar-refractivity contribution in [3.8, 4) is 0 Å². The van der Waals surface area contributed by atoms with Gasteiger partial charge in [-0.15, -0.1) is 0 Å². The normalized spacial score (nSPS) is 26.4. The second kappa shape index (κ2) is 6.70. The first kappa shape index (κ1) is 12.3. The number of likely N-dealkylation sites (N-methyl/N-ethyl adjacent to an activating group) is 1. The number of unbranched alkanes of at least 4 members (excludes halogenated alkanes) is 2. The van der Waals surface area contributed by atoms with E-state index in [-0.39, 0.29) is 0 Å². The van der Waals surface area contributed by atoms with Crippen molar-refractivity contribution in [1.29, 1.82) is 0 Å². The van der Waals surface area contributed by atoms with Gasteiger partial charge in [-0.2, -0.15) is 11.8 Å².